The van der Waals surface area contributed by atoms with E-state index in [0.717, 1.165) is 77.5 Å². The van der Waals surface area contributed by atoms with Crippen LogP contribution in [0.3, 0.4) is 0 Å². The molecular weight excluding hydrogens is 436 g/mol. The maximum absolute atomic E-state index is 13.8. The molecule has 0 aliphatic rings. The van der Waals surface area contributed by atoms with Gasteiger partial charge < -0.3 is 14.2 Å². The van der Waals surface area contributed by atoms with E-state index < -0.39 is 11.9 Å². The number of carbonyl (C=O) groups excluding carboxylic acids is 1. The van der Waals surface area contributed by atoms with Gasteiger partial charge in [-0.2, -0.15) is 0 Å². The van der Waals surface area contributed by atoms with E-state index in [1.54, 1.807) is 0 Å². The molecule has 2 heterocycles. The fourth-order valence-corrected chi connectivity index (χ4v) is 5.49. The Labute approximate surface area is 207 Å². The number of carbonyl (C=O) groups is 2. The van der Waals surface area contributed by atoms with Gasteiger partial charge in [-0.1, -0.05) is 63.1 Å². The van der Waals surface area contributed by atoms with Crippen molar-refractivity contribution in [3.63, 3.8) is 0 Å². The van der Waals surface area contributed by atoms with Gasteiger partial charge in [0.05, 0.1) is 5.92 Å². The van der Waals surface area contributed by atoms with Crippen molar-refractivity contribution < 1.29 is 14.7 Å². The largest absolute Gasteiger partial charge is 0.481 e. The van der Waals surface area contributed by atoms with Crippen molar-refractivity contribution in [2.75, 3.05) is 0 Å². The van der Waals surface area contributed by atoms with Crippen molar-refractivity contribution in [2.45, 2.75) is 78.8 Å². The number of hydrogen-bond donors (Lipinski definition) is 1. The van der Waals surface area contributed by atoms with Crippen LogP contribution in [-0.4, -0.2) is 26.0 Å². The number of rotatable bonds is 11. The van der Waals surface area contributed by atoms with Gasteiger partial charge >= 0.3 is 5.97 Å². The topological polar surface area (TPSA) is 64.2 Å². The standard InChI is InChI=1S/C30H36N2O3/c1-5-7-17-31-20(3)28(22-13-9-11-15-25(22)31)24(30(34)35)19-27(33)29-21(4)32(18-8-6-2)26-16-12-10-14-23(26)29/h9-16,24H,5-8,17-19H2,1-4H3,(H,34,35). The maximum atomic E-state index is 13.8. The van der Waals surface area contributed by atoms with Crippen LogP contribution in [0.25, 0.3) is 21.8 Å². The van der Waals surface area contributed by atoms with E-state index in [9.17, 15) is 14.7 Å². The van der Waals surface area contributed by atoms with Crippen LogP contribution >= 0.6 is 0 Å². The van der Waals surface area contributed by atoms with Crippen LogP contribution < -0.4 is 0 Å². The van der Waals surface area contributed by atoms with Gasteiger partial charge in [0.1, 0.15) is 0 Å². The molecule has 0 spiro atoms. The minimum absolute atomic E-state index is 0.0550. The van der Waals surface area contributed by atoms with Crippen molar-refractivity contribution >= 4 is 33.6 Å². The lowest BCUT2D eigenvalue weighted by Gasteiger charge is -2.14. The average molecular weight is 473 g/mol. The first-order valence-electron chi connectivity index (χ1n) is 12.8. The number of ketones is 1. The fourth-order valence-electron chi connectivity index (χ4n) is 5.49. The van der Waals surface area contributed by atoms with E-state index in [1.807, 2.05) is 56.3 Å². The van der Waals surface area contributed by atoms with E-state index in [4.69, 9.17) is 0 Å². The second-order valence-corrected chi connectivity index (χ2v) is 9.52. The highest BCUT2D eigenvalue weighted by Crippen LogP contribution is 2.36. The van der Waals surface area contributed by atoms with Crippen molar-refractivity contribution in [2.24, 2.45) is 0 Å². The minimum atomic E-state index is -0.952. The monoisotopic (exact) mass is 472 g/mol. The number of nitrogens with zero attached hydrogens (tertiary/aromatic N) is 2. The molecule has 0 saturated heterocycles. The highest BCUT2D eigenvalue weighted by atomic mass is 16.4. The van der Waals surface area contributed by atoms with Crippen molar-refractivity contribution in [1.29, 1.82) is 0 Å². The summed E-state index contributed by atoms with van der Waals surface area (Å²) in [5.74, 6) is -1.95. The number of aliphatic carboxylic acids is 1. The van der Waals surface area contributed by atoms with Crippen LogP contribution in [0.15, 0.2) is 48.5 Å². The summed E-state index contributed by atoms with van der Waals surface area (Å²) in [5, 5.41) is 12.2. The van der Waals surface area contributed by atoms with Crippen LogP contribution in [0.5, 0.6) is 0 Å². The molecule has 0 bridgehead atoms. The van der Waals surface area contributed by atoms with Gasteiger partial charge in [-0.15, -0.1) is 0 Å². The molecule has 0 aliphatic carbocycles. The smallest absolute Gasteiger partial charge is 0.311 e. The number of fused-ring (bicyclic) bond motifs is 2. The number of para-hydroxylation sites is 2. The Morgan fingerprint density at radius 1 is 0.800 bits per heavy atom. The molecule has 5 heteroatoms. The zero-order chi connectivity index (χ0) is 25.1. The second kappa shape index (κ2) is 10.5. The lowest BCUT2D eigenvalue weighted by molar-refractivity contribution is -0.138. The van der Waals surface area contributed by atoms with Crippen LogP contribution in [-0.2, 0) is 17.9 Å². The molecule has 184 valence electrons. The summed E-state index contributed by atoms with van der Waals surface area (Å²) in [6.07, 6.45) is 4.12. The summed E-state index contributed by atoms with van der Waals surface area (Å²) < 4.78 is 4.43. The third-order valence-corrected chi connectivity index (χ3v) is 7.30. The van der Waals surface area contributed by atoms with Gasteiger partial charge in [-0.05, 0) is 44.4 Å². The molecule has 0 fully saturated rings. The third-order valence-electron chi connectivity index (χ3n) is 7.30. The Bertz CT molecular complexity index is 1380. The van der Waals surface area contributed by atoms with Crippen LogP contribution in [0.4, 0.5) is 0 Å². The van der Waals surface area contributed by atoms with E-state index in [2.05, 4.69) is 29.0 Å². The molecule has 5 nitrogen and oxygen atoms in total. The Kier molecular flexibility index (Phi) is 7.44. The summed E-state index contributed by atoms with van der Waals surface area (Å²) in [5.41, 5.74) is 5.39. The van der Waals surface area contributed by atoms with E-state index in [0.29, 0.717) is 5.56 Å². The van der Waals surface area contributed by atoms with Gasteiger partial charge in [0.25, 0.3) is 0 Å². The first-order chi connectivity index (χ1) is 16.9. The predicted octanol–water partition coefficient (Wildman–Crippen LogP) is 7.25. The highest BCUT2D eigenvalue weighted by Gasteiger charge is 2.31. The number of carboxylic acids is 1. The zero-order valence-electron chi connectivity index (χ0n) is 21.3. The van der Waals surface area contributed by atoms with Crippen molar-refractivity contribution in [1.82, 2.24) is 9.13 Å². The highest BCUT2D eigenvalue weighted by molar-refractivity contribution is 6.11. The molecule has 4 rings (SSSR count). The minimum Gasteiger partial charge on any atom is -0.481 e. The van der Waals surface area contributed by atoms with E-state index in [1.165, 1.54) is 0 Å². The number of benzene rings is 2. The molecule has 35 heavy (non-hydrogen) atoms. The SMILES string of the molecule is CCCCn1c(C)c(C(=O)CC(C(=O)O)c2c(C)n(CCCC)c3ccccc23)c2ccccc21. The van der Waals surface area contributed by atoms with E-state index in [-0.39, 0.29) is 12.2 Å². The Hall–Kier alpha value is -3.34. The number of hydrogen-bond acceptors (Lipinski definition) is 2. The van der Waals surface area contributed by atoms with Gasteiger partial charge in [0.15, 0.2) is 5.78 Å². The summed E-state index contributed by atoms with van der Waals surface area (Å²) in [6, 6.07) is 15.9. The summed E-state index contributed by atoms with van der Waals surface area (Å²) in [6.45, 7) is 9.98. The zero-order valence-corrected chi connectivity index (χ0v) is 21.3. The van der Waals surface area contributed by atoms with Gasteiger partial charge in [-0.3, -0.25) is 9.59 Å². The van der Waals surface area contributed by atoms with Gasteiger partial charge in [-0.25, -0.2) is 0 Å². The summed E-state index contributed by atoms with van der Waals surface area (Å²) in [4.78, 5) is 26.4. The number of aromatic nitrogens is 2. The molecular formula is C30H36N2O3. The molecule has 0 aliphatic heterocycles. The molecule has 4 aromatic rings. The van der Waals surface area contributed by atoms with Crippen LogP contribution in [0, 0.1) is 13.8 Å². The van der Waals surface area contributed by atoms with Crippen LogP contribution in [0.2, 0.25) is 0 Å². The molecule has 2 aromatic carbocycles. The number of carboxylic acid groups (broad SMARTS) is 1. The number of unbranched alkanes of at least 4 members (excludes halogenated alkanes) is 2. The lowest BCUT2D eigenvalue weighted by Crippen LogP contribution is -2.18. The molecule has 1 N–H and O–H groups in total. The van der Waals surface area contributed by atoms with Gasteiger partial charge in [0, 0.05) is 58.3 Å². The summed E-state index contributed by atoms with van der Waals surface area (Å²) >= 11 is 0. The van der Waals surface area contributed by atoms with Gasteiger partial charge in [0.2, 0.25) is 0 Å². The normalized spacial score (nSPS) is 12.5. The number of aryl methyl sites for hydroxylation is 2. The van der Waals surface area contributed by atoms with Crippen LogP contribution in [0.1, 0.15) is 79.2 Å². The first-order valence-corrected chi connectivity index (χ1v) is 12.8. The molecule has 1 unspecified atom stereocenters. The molecule has 0 saturated carbocycles. The van der Waals surface area contributed by atoms with Crippen molar-refractivity contribution in [3.8, 4) is 0 Å². The van der Waals surface area contributed by atoms with E-state index >= 15 is 0 Å². The second-order valence-electron chi connectivity index (χ2n) is 9.52. The fraction of sp³-hybridized carbons (Fsp3) is 0.400. The Morgan fingerprint density at radius 3 is 1.89 bits per heavy atom. The first kappa shape index (κ1) is 24.8. The quantitative estimate of drug-likeness (QED) is 0.234. The molecule has 1 atom stereocenters. The predicted molar refractivity (Wildman–Crippen MR) is 142 cm³/mol. The molecule has 2 aromatic heterocycles. The molecule has 0 radical (unpaired) electrons. The maximum Gasteiger partial charge on any atom is 0.311 e. The summed E-state index contributed by atoms with van der Waals surface area (Å²) in [7, 11) is 0. The molecule has 0 amide bonds. The Morgan fingerprint density at radius 2 is 1.31 bits per heavy atom. The number of Topliss-reactive ketones (excluding diaryl/α,β-unsaturated/α-hetero) is 1. The Balaban J connectivity index is 1.79. The third kappa shape index (κ3) is 4.52. The van der Waals surface area contributed by atoms with Crippen molar-refractivity contribution in [3.05, 3.63) is 71.0 Å². The average Bonchev–Trinajstić information content (AvgIpc) is 3.29. The lowest BCUT2D eigenvalue weighted by atomic mass is 9.89.